The topological polar surface area (TPSA) is 91.7 Å². The van der Waals surface area contributed by atoms with Crippen molar-refractivity contribution in [3.05, 3.63) is 101 Å². The molecule has 7 nitrogen and oxygen atoms in total. The molecule has 0 unspecified atom stereocenters. The van der Waals surface area contributed by atoms with Gasteiger partial charge in [-0.15, -0.1) is 0 Å². The Bertz CT molecular complexity index is 1310. The lowest BCUT2D eigenvalue weighted by molar-refractivity contribution is 0.0697. The van der Waals surface area contributed by atoms with Gasteiger partial charge in [-0.1, -0.05) is 17.7 Å². The molecule has 33 heavy (non-hydrogen) atoms. The molecule has 0 saturated carbocycles. The van der Waals surface area contributed by atoms with Gasteiger partial charge in [0.25, 0.3) is 0 Å². The number of nitrogens with one attached hydrogen (secondary N) is 1. The smallest absolute Gasteiger partial charge is 0.335 e. The fourth-order valence-corrected chi connectivity index (χ4v) is 4.47. The molecule has 0 radical (unpaired) electrons. The number of carbonyl (C=O) groups is 1. The molecule has 1 aromatic carbocycles. The fourth-order valence-electron chi connectivity index (χ4n) is 3.96. The quantitative estimate of drug-likeness (QED) is 0.352. The van der Waals surface area contributed by atoms with Crippen LogP contribution in [0.15, 0.2) is 82.0 Å². The van der Waals surface area contributed by atoms with Gasteiger partial charge in [-0.05, 0) is 66.8 Å². The number of aromatic carboxylic acids is 1. The number of hydrogen-bond donors (Lipinski definition) is 2. The molecular weight excluding hydrogens is 462 g/mol. The van der Waals surface area contributed by atoms with Crippen LogP contribution in [0.5, 0.6) is 0 Å². The van der Waals surface area contributed by atoms with Gasteiger partial charge in [0, 0.05) is 11.8 Å². The average molecular weight is 480 g/mol. The summed E-state index contributed by atoms with van der Waals surface area (Å²) in [6, 6.07) is 17.0. The molecule has 4 heterocycles. The van der Waals surface area contributed by atoms with Crippen LogP contribution in [0.25, 0.3) is 11.3 Å². The molecule has 0 aliphatic carbocycles. The number of pyridine rings is 1. The molecule has 0 spiro atoms. The zero-order valence-corrected chi connectivity index (χ0v) is 18.7. The Morgan fingerprint density at radius 3 is 2.79 bits per heavy atom. The summed E-state index contributed by atoms with van der Waals surface area (Å²) < 4.78 is 11.8. The zero-order chi connectivity index (χ0) is 22.9. The van der Waals surface area contributed by atoms with Gasteiger partial charge in [0.15, 0.2) is 5.11 Å². The van der Waals surface area contributed by atoms with E-state index in [2.05, 4.69) is 10.3 Å². The molecule has 166 valence electrons. The SMILES string of the molecule is O=C(O)c1ccc(Cl)c(-c2ccc([C@@H]3[C@@H](c4ccccn4)NC(=S)N3Cc3ccco3)o2)c1. The minimum absolute atomic E-state index is 0.127. The van der Waals surface area contributed by atoms with Crippen LogP contribution in [-0.2, 0) is 6.54 Å². The number of thiocarbonyl (C=S) groups is 1. The molecule has 2 N–H and O–H groups in total. The van der Waals surface area contributed by atoms with E-state index in [1.807, 2.05) is 41.3 Å². The second-order valence-electron chi connectivity index (χ2n) is 7.54. The van der Waals surface area contributed by atoms with E-state index in [4.69, 9.17) is 32.7 Å². The number of rotatable bonds is 6. The van der Waals surface area contributed by atoms with Crippen molar-refractivity contribution < 1.29 is 18.7 Å². The second-order valence-corrected chi connectivity index (χ2v) is 8.33. The van der Waals surface area contributed by atoms with Crippen molar-refractivity contribution in [2.45, 2.75) is 18.6 Å². The summed E-state index contributed by atoms with van der Waals surface area (Å²) in [5.41, 5.74) is 1.45. The van der Waals surface area contributed by atoms with E-state index in [1.54, 1.807) is 24.6 Å². The standard InChI is InChI=1S/C24H18ClN3O4S/c25-17-7-6-14(23(29)30)12-16(17)19-8-9-20(32-19)22-21(18-5-1-2-10-26-18)27-24(33)28(22)13-15-4-3-11-31-15/h1-12,21-22H,13H2,(H,27,33)(H,29,30)/t21-,22-/m1/s1. The number of furan rings is 2. The molecule has 1 aliphatic heterocycles. The Morgan fingerprint density at radius 2 is 2.06 bits per heavy atom. The Labute approximate surface area is 199 Å². The highest BCUT2D eigenvalue weighted by molar-refractivity contribution is 7.80. The van der Waals surface area contributed by atoms with Crippen molar-refractivity contribution in [2.75, 3.05) is 0 Å². The molecule has 1 saturated heterocycles. The summed E-state index contributed by atoms with van der Waals surface area (Å²) in [5, 5.41) is 13.7. The van der Waals surface area contributed by atoms with Crippen molar-refractivity contribution in [3.63, 3.8) is 0 Å². The number of halogens is 1. The highest BCUT2D eigenvalue weighted by atomic mass is 35.5. The van der Waals surface area contributed by atoms with Crippen LogP contribution in [-0.4, -0.2) is 26.1 Å². The first-order valence-corrected chi connectivity index (χ1v) is 10.9. The monoisotopic (exact) mass is 479 g/mol. The predicted molar refractivity (Wildman–Crippen MR) is 126 cm³/mol. The first-order valence-electron chi connectivity index (χ1n) is 10.1. The lowest BCUT2D eigenvalue weighted by atomic mass is 10.0. The van der Waals surface area contributed by atoms with Gasteiger partial charge in [-0.3, -0.25) is 4.98 Å². The summed E-state index contributed by atoms with van der Waals surface area (Å²) in [6.07, 6.45) is 3.35. The Morgan fingerprint density at radius 1 is 1.18 bits per heavy atom. The first kappa shape index (κ1) is 21.2. The average Bonchev–Trinajstić information content (AvgIpc) is 3.56. The predicted octanol–water partition coefficient (Wildman–Crippen LogP) is 5.46. The van der Waals surface area contributed by atoms with E-state index in [-0.39, 0.29) is 17.6 Å². The van der Waals surface area contributed by atoms with Crippen LogP contribution in [0, 0.1) is 0 Å². The summed E-state index contributed by atoms with van der Waals surface area (Å²) in [7, 11) is 0. The lowest BCUT2D eigenvalue weighted by Crippen LogP contribution is -2.28. The number of aromatic nitrogens is 1. The van der Waals surface area contributed by atoms with E-state index in [9.17, 15) is 9.90 Å². The van der Waals surface area contributed by atoms with E-state index >= 15 is 0 Å². The van der Waals surface area contributed by atoms with Gasteiger partial charge in [0.1, 0.15) is 23.3 Å². The Hall–Kier alpha value is -3.62. The summed E-state index contributed by atoms with van der Waals surface area (Å²) in [5.74, 6) is 0.824. The van der Waals surface area contributed by atoms with Gasteiger partial charge in [0.05, 0.1) is 35.1 Å². The molecule has 0 bridgehead atoms. The van der Waals surface area contributed by atoms with Crippen molar-refractivity contribution in [1.29, 1.82) is 0 Å². The van der Waals surface area contributed by atoms with Crippen molar-refractivity contribution >= 4 is 34.9 Å². The Balaban J connectivity index is 1.56. The minimum Gasteiger partial charge on any atom is -0.478 e. The number of hydrogen-bond acceptors (Lipinski definition) is 5. The molecule has 1 fully saturated rings. The van der Waals surface area contributed by atoms with E-state index in [0.717, 1.165) is 11.5 Å². The summed E-state index contributed by atoms with van der Waals surface area (Å²) >= 11 is 12.0. The maximum atomic E-state index is 11.4. The van der Waals surface area contributed by atoms with Crippen molar-refractivity contribution in [2.24, 2.45) is 0 Å². The summed E-state index contributed by atoms with van der Waals surface area (Å²) in [4.78, 5) is 17.9. The molecular formula is C24H18ClN3O4S. The highest BCUT2D eigenvalue weighted by Crippen LogP contribution is 2.42. The highest BCUT2D eigenvalue weighted by Gasteiger charge is 2.42. The largest absolute Gasteiger partial charge is 0.478 e. The normalized spacial score (nSPS) is 17.8. The fraction of sp³-hybridized carbons (Fsp3) is 0.125. The van der Waals surface area contributed by atoms with Crippen LogP contribution in [0.4, 0.5) is 0 Å². The van der Waals surface area contributed by atoms with Gasteiger partial charge in [-0.2, -0.15) is 0 Å². The molecule has 2 atom stereocenters. The van der Waals surface area contributed by atoms with Crippen LogP contribution in [0.3, 0.4) is 0 Å². The maximum Gasteiger partial charge on any atom is 0.335 e. The third-order valence-corrected chi connectivity index (χ3v) is 6.18. The molecule has 3 aromatic heterocycles. The van der Waals surface area contributed by atoms with Crippen LogP contribution in [0.2, 0.25) is 5.02 Å². The molecule has 0 amide bonds. The number of carboxylic acids is 1. The van der Waals surface area contributed by atoms with E-state index < -0.39 is 5.97 Å². The lowest BCUT2D eigenvalue weighted by Gasteiger charge is -2.25. The third kappa shape index (κ3) is 4.10. The molecule has 1 aliphatic rings. The minimum atomic E-state index is -1.04. The number of benzene rings is 1. The molecule has 4 aromatic rings. The number of carboxylic acid groups (broad SMARTS) is 1. The first-order chi connectivity index (χ1) is 16.0. The van der Waals surface area contributed by atoms with E-state index in [0.29, 0.717) is 33.8 Å². The third-order valence-electron chi connectivity index (χ3n) is 5.50. The van der Waals surface area contributed by atoms with Gasteiger partial charge < -0.3 is 24.2 Å². The van der Waals surface area contributed by atoms with Crippen LogP contribution >= 0.6 is 23.8 Å². The number of nitrogens with zero attached hydrogens (tertiary/aromatic N) is 2. The zero-order valence-electron chi connectivity index (χ0n) is 17.1. The molecule has 9 heteroatoms. The van der Waals surface area contributed by atoms with E-state index in [1.165, 1.54) is 12.1 Å². The maximum absolute atomic E-state index is 11.4. The van der Waals surface area contributed by atoms with Crippen molar-refractivity contribution in [3.8, 4) is 11.3 Å². The van der Waals surface area contributed by atoms with Crippen molar-refractivity contribution in [1.82, 2.24) is 15.2 Å². The molecule has 5 rings (SSSR count). The van der Waals surface area contributed by atoms with Gasteiger partial charge in [0.2, 0.25) is 0 Å². The summed E-state index contributed by atoms with van der Waals surface area (Å²) in [6.45, 7) is 0.443. The Kier molecular flexibility index (Phi) is 5.62. The second kappa shape index (κ2) is 8.73. The van der Waals surface area contributed by atoms with Gasteiger partial charge in [-0.25, -0.2) is 4.79 Å². The van der Waals surface area contributed by atoms with Gasteiger partial charge >= 0.3 is 5.97 Å². The van der Waals surface area contributed by atoms with Crippen LogP contribution < -0.4 is 5.32 Å². The van der Waals surface area contributed by atoms with Crippen LogP contribution in [0.1, 0.15) is 39.7 Å².